The molecule has 0 saturated carbocycles. The molecule has 0 bridgehead atoms. The molecule has 2 aromatic rings. The van der Waals surface area contributed by atoms with Crippen molar-refractivity contribution < 1.29 is 24.5 Å². The van der Waals surface area contributed by atoms with Gasteiger partial charge in [0.25, 0.3) is 0 Å². The van der Waals surface area contributed by atoms with E-state index in [1.54, 1.807) is 30.3 Å². The fourth-order valence-corrected chi connectivity index (χ4v) is 5.43. The summed E-state index contributed by atoms with van der Waals surface area (Å²) in [4.78, 5) is 32.5. The van der Waals surface area contributed by atoms with E-state index in [-0.39, 0.29) is 19.3 Å². The zero-order chi connectivity index (χ0) is 25.0. The van der Waals surface area contributed by atoms with Crippen LogP contribution in [0.3, 0.4) is 0 Å². The Morgan fingerprint density at radius 2 is 1.97 bits per heavy atom. The normalized spacial score (nSPS) is 32.4. The Morgan fingerprint density at radius 3 is 2.72 bits per heavy atom. The molecule has 3 N–H and O–H groups in total. The summed E-state index contributed by atoms with van der Waals surface area (Å²) in [5.41, 5.74) is 3.86. The van der Waals surface area contributed by atoms with E-state index in [1.807, 2.05) is 18.2 Å². The quantitative estimate of drug-likeness (QED) is 0.276. The summed E-state index contributed by atoms with van der Waals surface area (Å²) in [5.74, 6) is 0. The summed E-state index contributed by atoms with van der Waals surface area (Å²) in [6, 6.07) is 7.94. The van der Waals surface area contributed by atoms with Crippen LogP contribution < -0.4 is 16.9 Å². The van der Waals surface area contributed by atoms with Gasteiger partial charge in [-0.3, -0.25) is 10.3 Å². The highest BCUT2D eigenvalue weighted by atomic mass is 16.7. The molecule has 36 heavy (non-hydrogen) atoms. The molecule has 1 saturated heterocycles. The lowest BCUT2D eigenvalue weighted by atomic mass is 9.86. The van der Waals surface area contributed by atoms with Gasteiger partial charge in [-0.05, 0) is 30.5 Å². The Labute approximate surface area is 206 Å². The van der Waals surface area contributed by atoms with Crippen LogP contribution in [-0.4, -0.2) is 67.4 Å². The molecule has 0 amide bonds. The number of benzene rings is 1. The molecule has 0 radical (unpaired) electrons. The number of nitrogens with zero attached hydrogens (tertiary/aromatic N) is 3. The minimum absolute atomic E-state index is 0.178. The number of ether oxygens (including phenoxy) is 2. The Hall–Kier alpha value is -3.22. The van der Waals surface area contributed by atoms with Gasteiger partial charge in [0.05, 0.1) is 24.1 Å². The third-order valence-corrected chi connectivity index (χ3v) is 7.22. The van der Waals surface area contributed by atoms with E-state index in [4.69, 9.17) is 14.3 Å². The SMILES string of the molecule is C=CC[C@@H]1C=C[C@H](ONC2=C3CCn4c(=O)n(-c5ccccc5)c(=O)n4[C@H]3[C@H](O)[C@@H]3O[C@H]23)[C@@H](CO)O1. The van der Waals surface area contributed by atoms with Crippen LogP contribution in [0.4, 0.5) is 0 Å². The minimum Gasteiger partial charge on any atom is -0.394 e. The lowest BCUT2D eigenvalue weighted by Gasteiger charge is -2.36. The molecule has 3 aliphatic heterocycles. The number of hydrogen-bond acceptors (Lipinski definition) is 8. The number of nitrogens with one attached hydrogen (secondary N) is 1. The molecule has 6 rings (SSSR count). The molecule has 1 aliphatic carbocycles. The summed E-state index contributed by atoms with van der Waals surface area (Å²) in [5, 5.41) is 20.9. The Morgan fingerprint density at radius 1 is 1.17 bits per heavy atom. The van der Waals surface area contributed by atoms with Crippen LogP contribution in [0.5, 0.6) is 0 Å². The average Bonchev–Trinajstić information content (AvgIpc) is 3.66. The van der Waals surface area contributed by atoms with Crippen LogP contribution in [-0.2, 0) is 20.9 Å². The van der Waals surface area contributed by atoms with Crippen LogP contribution in [0.1, 0.15) is 18.9 Å². The highest BCUT2D eigenvalue weighted by Gasteiger charge is 2.58. The Bertz CT molecular complexity index is 1340. The third kappa shape index (κ3) is 3.62. The monoisotopic (exact) mass is 496 g/mol. The number of rotatable bonds is 7. The van der Waals surface area contributed by atoms with Gasteiger partial charge < -0.3 is 19.7 Å². The zero-order valence-electron chi connectivity index (χ0n) is 19.5. The molecule has 4 heterocycles. The van der Waals surface area contributed by atoms with Crippen molar-refractivity contribution in [2.75, 3.05) is 6.61 Å². The molecule has 0 unspecified atom stereocenters. The molecule has 1 aromatic heterocycles. The largest absolute Gasteiger partial charge is 0.394 e. The molecule has 1 fully saturated rings. The number of aliphatic hydroxyl groups is 2. The third-order valence-electron chi connectivity index (χ3n) is 7.22. The standard InChI is InChI=1S/C25H28N4O7/c1-2-6-15-9-10-17(18(13-30)34-15)36-26-19-16-11-12-27-24(32)28(14-7-4-3-5-8-14)25(33)29(27)20(16)21(31)23-22(19)35-23/h2-5,7-10,15,17-18,20-23,26,30-31H,1,6,11-13H2/t15-,17+,18-,20-,21+,22-,23+/m1/s1. The molecule has 1 aromatic carbocycles. The van der Waals surface area contributed by atoms with Crippen molar-refractivity contribution in [3.05, 3.63) is 87.4 Å². The van der Waals surface area contributed by atoms with E-state index in [9.17, 15) is 19.8 Å². The fraction of sp³-hybridized carbons (Fsp3) is 0.440. The predicted molar refractivity (Wildman–Crippen MR) is 127 cm³/mol. The van der Waals surface area contributed by atoms with Gasteiger partial charge in [0.15, 0.2) is 0 Å². The van der Waals surface area contributed by atoms with E-state index < -0.39 is 47.9 Å². The molecule has 11 nitrogen and oxygen atoms in total. The molecule has 11 heteroatoms. The van der Waals surface area contributed by atoms with E-state index >= 15 is 0 Å². The summed E-state index contributed by atoms with van der Waals surface area (Å²) >= 11 is 0. The number of fused-ring (bicyclic) bond motifs is 4. The highest BCUT2D eigenvalue weighted by molar-refractivity contribution is 5.35. The molecular formula is C25H28N4O7. The highest BCUT2D eigenvalue weighted by Crippen LogP contribution is 2.46. The van der Waals surface area contributed by atoms with Crippen LogP contribution in [0.25, 0.3) is 5.69 Å². The van der Waals surface area contributed by atoms with Gasteiger partial charge in [0, 0.05) is 6.54 Å². The van der Waals surface area contributed by atoms with E-state index in [0.717, 1.165) is 10.1 Å². The van der Waals surface area contributed by atoms with E-state index in [2.05, 4.69) is 12.1 Å². The van der Waals surface area contributed by atoms with Crippen molar-refractivity contribution in [3.8, 4) is 5.69 Å². The Kier molecular flexibility index (Phi) is 5.81. The average molecular weight is 497 g/mol. The first-order chi connectivity index (χ1) is 17.5. The maximum absolute atomic E-state index is 13.5. The summed E-state index contributed by atoms with van der Waals surface area (Å²) in [6.45, 7) is 3.76. The number of aromatic nitrogens is 3. The second-order valence-corrected chi connectivity index (χ2v) is 9.34. The minimum atomic E-state index is -0.992. The lowest BCUT2D eigenvalue weighted by molar-refractivity contribution is -0.121. The van der Waals surface area contributed by atoms with Crippen molar-refractivity contribution in [2.24, 2.45) is 0 Å². The first-order valence-corrected chi connectivity index (χ1v) is 12.1. The number of hydrogen-bond donors (Lipinski definition) is 3. The molecule has 190 valence electrons. The van der Waals surface area contributed by atoms with Gasteiger partial charge in [-0.25, -0.2) is 23.5 Å². The fourth-order valence-electron chi connectivity index (χ4n) is 5.43. The first kappa shape index (κ1) is 23.2. The second kappa shape index (κ2) is 9.02. The van der Waals surface area contributed by atoms with Crippen molar-refractivity contribution in [3.63, 3.8) is 0 Å². The number of para-hydroxylation sites is 1. The molecule has 7 atom stereocenters. The number of aliphatic hydroxyl groups excluding tert-OH is 2. The zero-order valence-corrected chi connectivity index (χ0v) is 19.5. The van der Waals surface area contributed by atoms with Gasteiger partial charge in [0.2, 0.25) is 0 Å². The van der Waals surface area contributed by atoms with Gasteiger partial charge in [-0.2, -0.15) is 0 Å². The van der Waals surface area contributed by atoms with Crippen molar-refractivity contribution in [1.82, 2.24) is 19.4 Å². The maximum Gasteiger partial charge on any atom is 0.352 e. The van der Waals surface area contributed by atoms with Crippen molar-refractivity contribution >= 4 is 0 Å². The van der Waals surface area contributed by atoms with Crippen LogP contribution in [0.2, 0.25) is 0 Å². The Balaban J connectivity index is 1.33. The van der Waals surface area contributed by atoms with Gasteiger partial charge in [-0.15, -0.1) is 6.58 Å². The molecular weight excluding hydrogens is 468 g/mol. The van der Waals surface area contributed by atoms with Crippen molar-refractivity contribution in [1.29, 1.82) is 0 Å². The summed E-state index contributed by atoms with van der Waals surface area (Å²) < 4.78 is 15.4. The van der Waals surface area contributed by atoms with Crippen molar-refractivity contribution in [2.45, 2.75) is 62.1 Å². The van der Waals surface area contributed by atoms with Gasteiger partial charge in [0.1, 0.15) is 36.6 Å². The summed E-state index contributed by atoms with van der Waals surface area (Å²) in [6.07, 6.45) is 3.28. The first-order valence-electron chi connectivity index (χ1n) is 12.1. The molecule has 4 aliphatic rings. The smallest absolute Gasteiger partial charge is 0.352 e. The summed E-state index contributed by atoms with van der Waals surface area (Å²) in [7, 11) is 0. The van der Waals surface area contributed by atoms with Crippen LogP contribution in [0.15, 0.2) is 76.0 Å². The topological polar surface area (TPSA) is 132 Å². The van der Waals surface area contributed by atoms with E-state index in [1.165, 1.54) is 9.36 Å². The second-order valence-electron chi connectivity index (χ2n) is 9.34. The lowest BCUT2D eigenvalue weighted by Crippen LogP contribution is -2.48. The molecule has 0 spiro atoms. The van der Waals surface area contributed by atoms with E-state index in [0.29, 0.717) is 24.2 Å². The van der Waals surface area contributed by atoms with Gasteiger partial charge in [-0.1, -0.05) is 36.4 Å². The maximum atomic E-state index is 13.5. The number of hydroxylamine groups is 1. The van der Waals surface area contributed by atoms with Gasteiger partial charge >= 0.3 is 11.4 Å². The predicted octanol–water partition coefficient (Wildman–Crippen LogP) is -0.0767. The van der Waals surface area contributed by atoms with Crippen LogP contribution >= 0.6 is 0 Å². The van der Waals surface area contributed by atoms with Crippen LogP contribution in [0, 0.1) is 0 Å². The number of epoxide rings is 1.